The van der Waals surface area contributed by atoms with Crippen molar-refractivity contribution in [2.45, 2.75) is 57.2 Å². The van der Waals surface area contributed by atoms with E-state index in [0.717, 1.165) is 32.0 Å². The lowest BCUT2D eigenvalue weighted by molar-refractivity contribution is -0.111. The van der Waals surface area contributed by atoms with Crippen molar-refractivity contribution in [1.29, 1.82) is 0 Å². The van der Waals surface area contributed by atoms with Crippen LogP contribution in [0.3, 0.4) is 0 Å². The fraction of sp³-hybridized carbons (Fsp3) is 0.909. The van der Waals surface area contributed by atoms with Crippen LogP contribution in [-0.2, 0) is 14.8 Å². The first-order chi connectivity index (χ1) is 7.26. The second kappa shape index (κ2) is 4.84. The third-order valence-electron chi connectivity index (χ3n) is 3.09. The molecule has 0 atom stereocenters. The van der Waals surface area contributed by atoms with Crippen molar-refractivity contribution in [3.05, 3.63) is 0 Å². The van der Waals surface area contributed by atoms with Gasteiger partial charge in [0.1, 0.15) is 6.29 Å². The van der Waals surface area contributed by atoms with E-state index in [1.807, 2.05) is 0 Å². The van der Waals surface area contributed by atoms with E-state index in [4.69, 9.17) is 0 Å². The number of carbonyl (C=O) groups excluding carboxylic acids is 1. The van der Waals surface area contributed by atoms with Crippen LogP contribution in [-0.4, -0.2) is 25.5 Å². The molecule has 0 saturated heterocycles. The molecule has 0 amide bonds. The number of nitrogens with one attached hydrogen (secondary N) is 1. The second-order valence-electron chi connectivity index (χ2n) is 5.48. The zero-order valence-corrected chi connectivity index (χ0v) is 11.0. The van der Waals surface area contributed by atoms with E-state index in [1.54, 1.807) is 20.8 Å². The zero-order chi connectivity index (χ0) is 12.4. The lowest BCUT2D eigenvalue weighted by atomic mass is 9.87. The summed E-state index contributed by atoms with van der Waals surface area (Å²) in [7, 11) is -3.26. The summed E-state index contributed by atoms with van der Waals surface area (Å²) in [5.74, 6) is 0.121. The largest absolute Gasteiger partial charge is 0.303 e. The van der Waals surface area contributed by atoms with Crippen molar-refractivity contribution in [2.75, 3.05) is 0 Å². The Morgan fingerprint density at radius 2 is 1.62 bits per heavy atom. The van der Waals surface area contributed by atoms with Gasteiger partial charge >= 0.3 is 0 Å². The lowest BCUT2D eigenvalue weighted by Crippen LogP contribution is -2.45. The summed E-state index contributed by atoms with van der Waals surface area (Å²) < 4.78 is 25.7. The molecular formula is C11H21NO3S. The average Bonchev–Trinajstić information content (AvgIpc) is 2.16. The van der Waals surface area contributed by atoms with Gasteiger partial charge in [-0.05, 0) is 46.5 Å². The fourth-order valence-corrected chi connectivity index (χ4v) is 2.80. The van der Waals surface area contributed by atoms with Gasteiger partial charge in [-0.15, -0.1) is 0 Å². The van der Waals surface area contributed by atoms with Crippen molar-refractivity contribution in [1.82, 2.24) is 4.72 Å². The van der Waals surface area contributed by atoms with E-state index in [1.165, 1.54) is 0 Å². The molecule has 16 heavy (non-hydrogen) atoms. The summed E-state index contributed by atoms with van der Waals surface area (Å²) in [6.07, 6.45) is 4.09. The number of rotatable bonds is 3. The number of hydrogen-bond donors (Lipinski definition) is 1. The molecule has 0 unspecified atom stereocenters. The van der Waals surface area contributed by atoms with E-state index in [0.29, 0.717) is 0 Å². The smallest absolute Gasteiger partial charge is 0.216 e. The molecule has 1 aliphatic rings. The molecule has 4 nitrogen and oxygen atoms in total. The molecule has 0 aromatic carbocycles. The lowest BCUT2D eigenvalue weighted by Gasteiger charge is -2.29. The first kappa shape index (κ1) is 13.6. The van der Waals surface area contributed by atoms with E-state index in [9.17, 15) is 13.2 Å². The molecule has 1 rings (SSSR count). The molecule has 1 aliphatic carbocycles. The molecule has 5 heteroatoms. The Morgan fingerprint density at radius 3 is 2.00 bits per heavy atom. The van der Waals surface area contributed by atoms with Gasteiger partial charge in [0.2, 0.25) is 10.0 Å². The van der Waals surface area contributed by atoms with E-state index >= 15 is 0 Å². The Bertz CT molecular complexity index is 335. The summed E-state index contributed by atoms with van der Waals surface area (Å²) in [5.41, 5.74) is 0. The van der Waals surface area contributed by atoms with Gasteiger partial charge in [-0.1, -0.05) is 0 Å². The topological polar surface area (TPSA) is 63.2 Å². The molecule has 0 bridgehead atoms. The number of sulfonamides is 1. The van der Waals surface area contributed by atoms with Gasteiger partial charge in [0.05, 0.1) is 4.75 Å². The van der Waals surface area contributed by atoms with Crippen LogP contribution in [0, 0.1) is 5.92 Å². The quantitative estimate of drug-likeness (QED) is 0.768. The van der Waals surface area contributed by atoms with Gasteiger partial charge < -0.3 is 4.79 Å². The molecule has 0 radical (unpaired) electrons. The summed E-state index contributed by atoms with van der Waals surface area (Å²) in [5, 5.41) is 0. The van der Waals surface area contributed by atoms with Crippen LogP contribution in [0.2, 0.25) is 0 Å². The van der Waals surface area contributed by atoms with Crippen molar-refractivity contribution in [3.8, 4) is 0 Å². The van der Waals surface area contributed by atoms with Crippen molar-refractivity contribution < 1.29 is 13.2 Å². The number of hydrogen-bond acceptors (Lipinski definition) is 3. The summed E-state index contributed by atoms with van der Waals surface area (Å²) in [6, 6.07) is 0.000394. The van der Waals surface area contributed by atoms with Gasteiger partial charge in [0, 0.05) is 12.0 Å². The molecule has 0 spiro atoms. The maximum absolute atomic E-state index is 11.9. The highest BCUT2D eigenvalue weighted by molar-refractivity contribution is 7.90. The Kier molecular flexibility index (Phi) is 4.12. The van der Waals surface area contributed by atoms with Gasteiger partial charge in [-0.25, -0.2) is 13.1 Å². The first-order valence-corrected chi connectivity index (χ1v) is 7.22. The summed E-state index contributed by atoms with van der Waals surface area (Å²) in [4.78, 5) is 10.6. The summed E-state index contributed by atoms with van der Waals surface area (Å²) >= 11 is 0. The highest BCUT2D eigenvalue weighted by Gasteiger charge is 2.32. The molecule has 1 fully saturated rings. The van der Waals surface area contributed by atoms with E-state index in [-0.39, 0.29) is 12.0 Å². The standard InChI is InChI=1S/C11H21NO3S/c1-11(2,3)16(14,15)12-10-6-4-9(8-13)5-7-10/h8-10,12H,4-7H2,1-3H3/t9-,10-. The molecule has 0 aromatic rings. The Morgan fingerprint density at radius 1 is 1.12 bits per heavy atom. The minimum absolute atomic E-state index is 0.000394. The zero-order valence-electron chi connectivity index (χ0n) is 10.2. The van der Waals surface area contributed by atoms with Crippen molar-refractivity contribution in [2.24, 2.45) is 5.92 Å². The molecule has 0 aliphatic heterocycles. The van der Waals surface area contributed by atoms with Gasteiger partial charge in [0.15, 0.2) is 0 Å². The third kappa shape index (κ3) is 3.28. The highest BCUT2D eigenvalue weighted by Crippen LogP contribution is 2.24. The monoisotopic (exact) mass is 247 g/mol. The fourth-order valence-electron chi connectivity index (χ4n) is 1.77. The predicted octanol–water partition coefficient (Wildman–Crippen LogP) is 1.46. The van der Waals surface area contributed by atoms with Crippen LogP contribution in [0.1, 0.15) is 46.5 Å². The van der Waals surface area contributed by atoms with E-state index < -0.39 is 14.8 Å². The van der Waals surface area contributed by atoms with Crippen LogP contribution < -0.4 is 4.72 Å². The third-order valence-corrected chi connectivity index (χ3v) is 5.35. The normalized spacial score (nSPS) is 27.7. The van der Waals surface area contributed by atoms with Crippen molar-refractivity contribution >= 4 is 16.3 Å². The van der Waals surface area contributed by atoms with Crippen LogP contribution in [0.15, 0.2) is 0 Å². The van der Waals surface area contributed by atoms with E-state index in [2.05, 4.69) is 4.72 Å². The average molecular weight is 247 g/mol. The Hall–Kier alpha value is -0.420. The van der Waals surface area contributed by atoms with Crippen LogP contribution in [0.4, 0.5) is 0 Å². The number of aldehydes is 1. The molecule has 1 saturated carbocycles. The van der Waals surface area contributed by atoms with Crippen LogP contribution in [0.25, 0.3) is 0 Å². The molecule has 94 valence electrons. The maximum atomic E-state index is 11.9. The Labute approximate surface area is 97.9 Å². The van der Waals surface area contributed by atoms with Crippen molar-refractivity contribution in [3.63, 3.8) is 0 Å². The van der Waals surface area contributed by atoms with Gasteiger partial charge in [-0.3, -0.25) is 0 Å². The Balaban J connectivity index is 2.55. The summed E-state index contributed by atoms with van der Waals surface area (Å²) in [6.45, 7) is 5.06. The molecule has 0 heterocycles. The van der Waals surface area contributed by atoms with Crippen LogP contribution in [0.5, 0.6) is 0 Å². The number of carbonyl (C=O) groups is 1. The second-order valence-corrected chi connectivity index (χ2v) is 7.95. The van der Waals surface area contributed by atoms with Crippen LogP contribution >= 0.6 is 0 Å². The minimum Gasteiger partial charge on any atom is -0.303 e. The first-order valence-electron chi connectivity index (χ1n) is 5.73. The SMILES string of the molecule is CC(C)(C)S(=O)(=O)N[C@H]1CC[C@H](C=O)CC1. The molecule has 0 aromatic heterocycles. The van der Waals surface area contributed by atoms with Gasteiger partial charge in [-0.2, -0.15) is 0 Å². The van der Waals surface area contributed by atoms with Gasteiger partial charge in [0.25, 0.3) is 0 Å². The highest BCUT2D eigenvalue weighted by atomic mass is 32.2. The molecule has 1 N–H and O–H groups in total. The molecular weight excluding hydrogens is 226 g/mol. The maximum Gasteiger partial charge on any atom is 0.216 e. The predicted molar refractivity (Wildman–Crippen MR) is 63.6 cm³/mol. The minimum atomic E-state index is -3.26.